The van der Waals surface area contributed by atoms with Crippen LogP contribution in [-0.2, 0) is 9.59 Å². The first kappa shape index (κ1) is 22.3. The van der Waals surface area contributed by atoms with Crippen LogP contribution in [0.5, 0.6) is 0 Å². The van der Waals surface area contributed by atoms with Crippen LogP contribution in [0.25, 0.3) is 5.82 Å². The van der Waals surface area contributed by atoms with Crippen LogP contribution in [0.1, 0.15) is 17.8 Å². The highest BCUT2D eigenvalue weighted by Crippen LogP contribution is 2.26. The number of amides is 2. The van der Waals surface area contributed by atoms with Crippen molar-refractivity contribution in [1.29, 1.82) is 0 Å². The summed E-state index contributed by atoms with van der Waals surface area (Å²) in [6, 6.07) is 22.4. The molecular weight excluding hydrogens is 442 g/mol. The van der Waals surface area contributed by atoms with E-state index in [0.717, 1.165) is 22.8 Å². The lowest BCUT2D eigenvalue weighted by molar-refractivity contribution is -0.122. The Bertz CT molecular complexity index is 1350. The first-order chi connectivity index (χ1) is 17.0. The average molecular weight is 468 g/mol. The predicted octanol–water partition coefficient (Wildman–Crippen LogP) is 4.01. The molecule has 1 fully saturated rings. The zero-order valence-electron chi connectivity index (χ0n) is 19.5. The van der Waals surface area contributed by atoms with Crippen molar-refractivity contribution in [3.8, 4) is 5.82 Å². The van der Waals surface area contributed by atoms with Gasteiger partial charge in [-0.05, 0) is 68.4 Å². The molecule has 4 aromatic rings. The fourth-order valence-corrected chi connectivity index (χ4v) is 4.14. The normalized spacial score (nSPS) is 15.3. The Hall–Kier alpha value is -4.53. The number of benzene rings is 2. The van der Waals surface area contributed by atoms with Crippen molar-refractivity contribution < 1.29 is 9.59 Å². The van der Waals surface area contributed by atoms with Crippen LogP contribution in [0.15, 0.2) is 72.8 Å². The number of aromatic nitrogens is 4. The molecule has 1 saturated heterocycles. The van der Waals surface area contributed by atoms with E-state index >= 15 is 0 Å². The highest BCUT2D eigenvalue weighted by molar-refractivity contribution is 6.03. The summed E-state index contributed by atoms with van der Waals surface area (Å²) in [5.74, 6) is 0.647. The molecule has 2 amide bonds. The van der Waals surface area contributed by atoms with Gasteiger partial charge in [0.05, 0.1) is 11.6 Å². The Morgan fingerprint density at radius 2 is 1.69 bits per heavy atom. The van der Waals surface area contributed by atoms with Crippen LogP contribution in [-0.4, -0.2) is 38.3 Å². The number of nitrogens with one attached hydrogen (secondary N) is 2. The maximum atomic E-state index is 12.8. The van der Waals surface area contributed by atoms with Gasteiger partial charge in [0.15, 0.2) is 11.6 Å². The van der Waals surface area contributed by atoms with E-state index in [9.17, 15) is 9.59 Å². The largest absolute Gasteiger partial charge is 0.339 e. The molecule has 3 heterocycles. The highest BCUT2D eigenvalue weighted by Gasteiger charge is 2.35. The maximum Gasteiger partial charge on any atom is 0.229 e. The van der Waals surface area contributed by atoms with E-state index < -0.39 is 5.92 Å². The first-order valence-corrected chi connectivity index (χ1v) is 11.4. The molecule has 1 aliphatic heterocycles. The van der Waals surface area contributed by atoms with Gasteiger partial charge in [-0.15, -0.1) is 10.2 Å². The second kappa shape index (κ2) is 9.38. The lowest BCUT2D eigenvalue weighted by Gasteiger charge is -2.16. The molecule has 0 saturated carbocycles. The van der Waals surface area contributed by atoms with Crippen molar-refractivity contribution in [3.05, 3.63) is 84.2 Å². The summed E-state index contributed by atoms with van der Waals surface area (Å²) >= 11 is 0. The lowest BCUT2D eigenvalue weighted by Crippen LogP contribution is -2.28. The standard InChI is InChI=1S/C26H25N7O2/c1-17-14-18(2)33(31-17)24-13-12-23(29-30-24)27-20-8-10-21(11-9-20)28-26(35)19-15-25(34)32(16-19)22-6-4-3-5-7-22/h3-14,19H,15-16H2,1-2H3,(H,27,29)(H,28,35). The summed E-state index contributed by atoms with van der Waals surface area (Å²) in [4.78, 5) is 26.8. The summed E-state index contributed by atoms with van der Waals surface area (Å²) in [6.07, 6.45) is 0.201. The number of anilines is 4. The van der Waals surface area contributed by atoms with Crippen molar-refractivity contribution in [2.24, 2.45) is 5.92 Å². The van der Waals surface area contributed by atoms with Gasteiger partial charge in [-0.25, -0.2) is 4.68 Å². The van der Waals surface area contributed by atoms with E-state index in [0.29, 0.717) is 23.9 Å². The minimum Gasteiger partial charge on any atom is -0.339 e. The van der Waals surface area contributed by atoms with E-state index in [2.05, 4.69) is 25.9 Å². The third kappa shape index (κ3) is 4.89. The number of aryl methyl sites for hydroxylation is 2. The van der Waals surface area contributed by atoms with E-state index in [1.54, 1.807) is 9.58 Å². The van der Waals surface area contributed by atoms with Gasteiger partial charge in [0.25, 0.3) is 0 Å². The molecule has 9 nitrogen and oxygen atoms in total. The van der Waals surface area contributed by atoms with Gasteiger partial charge in [0, 0.05) is 35.7 Å². The van der Waals surface area contributed by atoms with Crippen molar-refractivity contribution in [3.63, 3.8) is 0 Å². The summed E-state index contributed by atoms with van der Waals surface area (Å²) in [6.45, 7) is 4.28. The van der Waals surface area contributed by atoms with Crippen LogP contribution in [0.3, 0.4) is 0 Å². The summed E-state index contributed by atoms with van der Waals surface area (Å²) in [5.41, 5.74) is 4.20. The molecular formula is C26H25N7O2. The Balaban J connectivity index is 1.18. The summed E-state index contributed by atoms with van der Waals surface area (Å²) in [7, 11) is 0. The van der Waals surface area contributed by atoms with Crippen LogP contribution >= 0.6 is 0 Å². The fourth-order valence-electron chi connectivity index (χ4n) is 4.14. The monoisotopic (exact) mass is 467 g/mol. The Morgan fingerprint density at radius 3 is 2.34 bits per heavy atom. The first-order valence-electron chi connectivity index (χ1n) is 11.4. The molecule has 5 rings (SSSR count). The van der Waals surface area contributed by atoms with Crippen LogP contribution in [0, 0.1) is 19.8 Å². The van der Waals surface area contributed by atoms with Gasteiger partial charge < -0.3 is 15.5 Å². The van der Waals surface area contributed by atoms with E-state index in [1.807, 2.05) is 86.6 Å². The van der Waals surface area contributed by atoms with Crippen molar-refractivity contribution in [2.75, 3.05) is 22.1 Å². The van der Waals surface area contributed by atoms with Gasteiger partial charge in [0.1, 0.15) is 0 Å². The maximum absolute atomic E-state index is 12.8. The van der Waals surface area contributed by atoms with Gasteiger partial charge in [-0.3, -0.25) is 9.59 Å². The van der Waals surface area contributed by atoms with Gasteiger partial charge >= 0.3 is 0 Å². The third-order valence-electron chi connectivity index (χ3n) is 5.87. The average Bonchev–Trinajstić information content (AvgIpc) is 3.42. The van der Waals surface area contributed by atoms with Gasteiger partial charge in [-0.1, -0.05) is 18.2 Å². The Morgan fingerprint density at radius 1 is 0.943 bits per heavy atom. The van der Waals surface area contributed by atoms with Gasteiger partial charge in [-0.2, -0.15) is 5.10 Å². The number of hydrogen-bond acceptors (Lipinski definition) is 6. The zero-order valence-corrected chi connectivity index (χ0v) is 19.5. The predicted molar refractivity (Wildman–Crippen MR) is 134 cm³/mol. The molecule has 1 aliphatic rings. The Labute approximate surface area is 202 Å². The molecule has 1 unspecified atom stereocenters. The van der Waals surface area contributed by atoms with Crippen LogP contribution < -0.4 is 15.5 Å². The molecule has 9 heteroatoms. The fraction of sp³-hybridized carbons (Fsp3) is 0.192. The van der Waals surface area contributed by atoms with Crippen LogP contribution in [0.2, 0.25) is 0 Å². The van der Waals surface area contributed by atoms with Gasteiger partial charge in [0.2, 0.25) is 11.8 Å². The second-order valence-electron chi connectivity index (χ2n) is 8.55. The second-order valence-corrected chi connectivity index (χ2v) is 8.55. The van der Waals surface area contributed by atoms with E-state index in [1.165, 1.54) is 0 Å². The lowest BCUT2D eigenvalue weighted by atomic mass is 10.1. The molecule has 1 atom stereocenters. The minimum absolute atomic E-state index is 0.0409. The number of hydrogen-bond donors (Lipinski definition) is 2. The Kier molecular flexibility index (Phi) is 5.97. The van der Waals surface area contributed by atoms with Crippen molar-refractivity contribution in [2.45, 2.75) is 20.3 Å². The quantitative estimate of drug-likeness (QED) is 0.444. The number of para-hydroxylation sites is 1. The molecule has 2 N–H and O–H groups in total. The minimum atomic E-state index is -0.392. The van der Waals surface area contributed by atoms with E-state index in [4.69, 9.17) is 0 Å². The SMILES string of the molecule is Cc1cc(C)n(-c2ccc(Nc3ccc(NC(=O)C4CC(=O)N(c5ccccc5)C4)cc3)nn2)n1. The third-order valence-corrected chi connectivity index (χ3v) is 5.87. The summed E-state index contributed by atoms with van der Waals surface area (Å²) in [5, 5.41) is 19.0. The molecule has 176 valence electrons. The molecule has 35 heavy (non-hydrogen) atoms. The number of nitrogens with zero attached hydrogens (tertiary/aromatic N) is 5. The summed E-state index contributed by atoms with van der Waals surface area (Å²) < 4.78 is 1.75. The van der Waals surface area contributed by atoms with E-state index in [-0.39, 0.29) is 18.2 Å². The zero-order chi connectivity index (χ0) is 24.4. The topological polar surface area (TPSA) is 105 Å². The molecule has 0 radical (unpaired) electrons. The van der Waals surface area contributed by atoms with Crippen molar-refractivity contribution >= 4 is 34.7 Å². The molecule has 2 aromatic heterocycles. The highest BCUT2D eigenvalue weighted by atomic mass is 16.2. The molecule has 2 aromatic carbocycles. The number of rotatable bonds is 6. The van der Waals surface area contributed by atoms with Crippen molar-refractivity contribution in [1.82, 2.24) is 20.0 Å². The smallest absolute Gasteiger partial charge is 0.229 e. The molecule has 0 aliphatic carbocycles. The molecule has 0 spiro atoms. The number of carbonyl (C=O) groups excluding carboxylic acids is 2. The number of carbonyl (C=O) groups is 2. The van der Waals surface area contributed by atoms with Crippen LogP contribution in [0.4, 0.5) is 22.9 Å². The molecule has 0 bridgehead atoms.